The minimum Gasteiger partial charge on any atom is -0.507 e. The average Bonchev–Trinajstić information content (AvgIpc) is 2.45. The lowest BCUT2D eigenvalue weighted by Gasteiger charge is -2.29. The number of rotatable bonds is 2. The van der Waals surface area contributed by atoms with E-state index in [9.17, 15) is 9.90 Å². The zero-order valence-corrected chi connectivity index (χ0v) is 11.6. The number of benzene rings is 1. The summed E-state index contributed by atoms with van der Waals surface area (Å²) >= 11 is 0. The molecule has 0 atom stereocenters. The van der Waals surface area contributed by atoms with Crippen LogP contribution in [0.25, 0.3) is 11.0 Å². The molecule has 1 fully saturated rings. The van der Waals surface area contributed by atoms with Gasteiger partial charge in [-0.3, -0.25) is 4.90 Å². The van der Waals surface area contributed by atoms with Gasteiger partial charge in [0.25, 0.3) is 0 Å². The zero-order valence-electron chi connectivity index (χ0n) is 11.6. The molecule has 4 heteroatoms. The Morgan fingerprint density at radius 3 is 2.75 bits per heavy atom. The first-order valence-corrected chi connectivity index (χ1v) is 7.11. The lowest BCUT2D eigenvalue weighted by molar-refractivity contribution is 0.182. The van der Waals surface area contributed by atoms with E-state index in [1.54, 1.807) is 18.2 Å². The fourth-order valence-electron chi connectivity index (χ4n) is 2.76. The van der Waals surface area contributed by atoms with Gasteiger partial charge in [0.2, 0.25) is 0 Å². The van der Waals surface area contributed by atoms with Crippen molar-refractivity contribution >= 4 is 11.0 Å². The zero-order chi connectivity index (χ0) is 14.1. The van der Waals surface area contributed by atoms with Gasteiger partial charge >= 0.3 is 5.63 Å². The SMILES string of the molecule is CC1CCN(Cc2c(O)c3ccccc3oc2=O)CC1. The van der Waals surface area contributed by atoms with Crippen LogP contribution in [0.2, 0.25) is 0 Å². The van der Waals surface area contributed by atoms with E-state index in [1.165, 1.54) is 0 Å². The van der Waals surface area contributed by atoms with Crippen LogP contribution >= 0.6 is 0 Å². The van der Waals surface area contributed by atoms with Gasteiger partial charge in [0.15, 0.2) is 0 Å². The Balaban J connectivity index is 1.93. The normalized spacial score (nSPS) is 17.6. The molecule has 1 aromatic carbocycles. The lowest BCUT2D eigenvalue weighted by atomic mass is 9.99. The molecule has 0 amide bonds. The molecule has 0 bridgehead atoms. The van der Waals surface area contributed by atoms with E-state index in [0.717, 1.165) is 31.8 Å². The van der Waals surface area contributed by atoms with Crippen LogP contribution in [-0.2, 0) is 6.54 Å². The molecule has 1 saturated heterocycles. The molecule has 3 rings (SSSR count). The van der Waals surface area contributed by atoms with E-state index in [1.807, 2.05) is 6.07 Å². The van der Waals surface area contributed by atoms with Crippen LogP contribution in [0.1, 0.15) is 25.3 Å². The summed E-state index contributed by atoms with van der Waals surface area (Å²) in [6.45, 7) is 4.64. The van der Waals surface area contributed by atoms with Crippen molar-refractivity contribution in [1.82, 2.24) is 4.90 Å². The Morgan fingerprint density at radius 2 is 2.00 bits per heavy atom. The van der Waals surface area contributed by atoms with E-state index in [0.29, 0.717) is 23.1 Å². The Labute approximate surface area is 117 Å². The minimum atomic E-state index is -0.431. The van der Waals surface area contributed by atoms with Gasteiger partial charge in [-0.1, -0.05) is 19.1 Å². The summed E-state index contributed by atoms with van der Waals surface area (Å²) in [6.07, 6.45) is 2.28. The van der Waals surface area contributed by atoms with Crippen LogP contribution in [-0.4, -0.2) is 23.1 Å². The standard InChI is InChI=1S/C16H19NO3/c1-11-6-8-17(9-7-11)10-13-15(18)12-4-2-3-5-14(12)20-16(13)19/h2-5,11,18H,6-10H2,1H3. The smallest absolute Gasteiger partial charge is 0.344 e. The lowest BCUT2D eigenvalue weighted by Crippen LogP contribution is -2.33. The molecule has 1 aliphatic heterocycles. The first-order valence-electron chi connectivity index (χ1n) is 7.11. The summed E-state index contributed by atoms with van der Waals surface area (Å²) in [5, 5.41) is 10.9. The third kappa shape index (κ3) is 2.43. The molecule has 0 spiro atoms. The number of fused-ring (bicyclic) bond motifs is 1. The topological polar surface area (TPSA) is 53.7 Å². The summed E-state index contributed by atoms with van der Waals surface area (Å²) < 4.78 is 5.29. The van der Waals surface area contributed by atoms with Crippen LogP contribution in [0.5, 0.6) is 5.75 Å². The van der Waals surface area contributed by atoms with Crippen molar-refractivity contribution in [2.75, 3.05) is 13.1 Å². The number of likely N-dealkylation sites (tertiary alicyclic amines) is 1. The number of hydrogen-bond donors (Lipinski definition) is 1. The maximum absolute atomic E-state index is 12.0. The molecule has 2 heterocycles. The number of aromatic hydroxyl groups is 1. The molecule has 20 heavy (non-hydrogen) atoms. The molecule has 0 saturated carbocycles. The molecule has 1 N–H and O–H groups in total. The van der Waals surface area contributed by atoms with Gasteiger partial charge in [-0.15, -0.1) is 0 Å². The molecule has 106 valence electrons. The summed E-state index contributed by atoms with van der Waals surface area (Å²) in [6, 6.07) is 7.09. The molecular weight excluding hydrogens is 254 g/mol. The molecule has 0 unspecified atom stereocenters. The second-order valence-electron chi connectivity index (χ2n) is 5.67. The number of para-hydroxylation sites is 1. The van der Waals surface area contributed by atoms with Crippen molar-refractivity contribution in [3.63, 3.8) is 0 Å². The Morgan fingerprint density at radius 1 is 1.30 bits per heavy atom. The number of piperidine rings is 1. The van der Waals surface area contributed by atoms with Gasteiger partial charge < -0.3 is 9.52 Å². The molecule has 1 aromatic heterocycles. The van der Waals surface area contributed by atoms with E-state index in [4.69, 9.17) is 4.42 Å². The Kier molecular flexibility index (Phi) is 3.49. The van der Waals surface area contributed by atoms with Crippen LogP contribution in [0.3, 0.4) is 0 Å². The molecular formula is C16H19NO3. The first kappa shape index (κ1) is 13.2. The number of hydrogen-bond acceptors (Lipinski definition) is 4. The Bertz CT molecular complexity index is 669. The molecule has 0 radical (unpaired) electrons. The van der Waals surface area contributed by atoms with E-state index in [-0.39, 0.29) is 5.75 Å². The quantitative estimate of drug-likeness (QED) is 0.855. The summed E-state index contributed by atoms with van der Waals surface area (Å²) in [5.74, 6) is 0.809. The molecule has 0 aliphatic carbocycles. The second-order valence-corrected chi connectivity index (χ2v) is 5.67. The van der Waals surface area contributed by atoms with Crippen molar-refractivity contribution in [2.45, 2.75) is 26.3 Å². The largest absolute Gasteiger partial charge is 0.507 e. The minimum absolute atomic E-state index is 0.0653. The van der Waals surface area contributed by atoms with E-state index < -0.39 is 5.63 Å². The third-order valence-electron chi connectivity index (χ3n) is 4.14. The fourth-order valence-corrected chi connectivity index (χ4v) is 2.76. The van der Waals surface area contributed by atoms with Crippen molar-refractivity contribution in [2.24, 2.45) is 5.92 Å². The van der Waals surface area contributed by atoms with Gasteiger partial charge in [0.05, 0.1) is 10.9 Å². The van der Waals surface area contributed by atoms with Crippen LogP contribution < -0.4 is 5.63 Å². The highest BCUT2D eigenvalue weighted by molar-refractivity contribution is 5.83. The van der Waals surface area contributed by atoms with Gasteiger partial charge in [-0.05, 0) is 44.0 Å². The first-order chi connectivity index (χ1) is 9.65. The molecule has 4 nitrogen and oxygen atoms in total. The van der Waals surface area contributed by atoms with Crippen molar-refractivity contribution < 1.29 is 9.52 Å². The van der Waals surface area contributed by atoms with Gasteiger partial charge in [0, 0.05) is 6.54 Å². The van der Waals surface area contributed by atoms with Crippen LogP contribution in [0.4, 0.5) is 0 Å². The predicted octanol–water partition coefficient (Wildman–Crippen LogP) is 2.73. The van der Waals surface area contributed by atoms with E-state index >= 15 is 0 Å². The van der Waals surface area contributed by atoms with Crippen LogP contribution in [0.15, 0.2) is 33.5 Å². The second kappa shape index (κ2) is 5.29. The van der Waals surface area contributed by atoms with E-state index in [2.05, 4.69) is 11.8 Å². The average molecular weight is 273 g/mol. The monoisotopic (exact) mass is 273 g/mol. The molecule has 2 aromatic rings. The highest BCUT2D eigenvalue weighted by Crippen LogP contribution is 2.27. The highest BCUT2D eigenvalue weighted by atomic mass is 16.4. The van der Waals surface area contributed by atoms with Crippen molar-refractivity contribution in [3.8, 4) is 5.75 Å². The maximum Gasteiger partial charge on any atom is 0.344 e. The summed E-state index contributed by atoms with van der Waals surface area (Å²) in [5.41, 5.74) is 0.379. The Hall–Kier alpha value is -1.81. The highest BCUT2D eigenvalue weighted by Gasteiger charge is 2.20. The van der Waals surface area contributed by atoms with Gasteiger partial charge in [-0.2, -0.15) is 0 Å². The predicted molar refractivity (Wildman–Crippen MR) is 77.8 cm³/mol. The third-order valence-corrected chi connectivity index (χ3v) is 4.14. The number of nitrogens with zero attached hydrogens (tertiary/aromatic N) is 1. The molecule has 1 aliphatic rings. The van der Waals surface area contributed by atoms with Crippen LogP contribution in [0, 0.1) is 5.92 Å². The van der Waals surface area contributed by atoms with Gasteiger partial charge in [0.1, 0.15) is 11.3 Å². The van der Waals surface area contributed by atoms with Crippen molar-refractivity contribution in [3.05, 3.63) is 40.2 Å². The summed E-state index contributed by atoms with van der Waals surface area (Å²) in [4.78, 5) is 14.2. The van der Waals surface area contributed by atoms with Gasteiger partial charge in [-0.25, -0.2) is 4.79 Å². The maximum atomic E-state index is 12.0. The fraction of sp³-hybridized carbons (Fsp3) is 0.438. The summed E-state index contributed by atoms with van der Waals surface area (Å²) in [7, 11) is 0. The van der Waals surface area contributed by atoms with Crippen molar-refractivity contribution in [1.29, 1.82) is 0 Å².